The predicted molar refractivity (Wildman–Crippen MR) is 77.7 cm³/mol. The van der Waals surface area contributed by atoms with Crippen LogP contribution in [0.25, 0.3) is 0 Å². The second-order valence-electron chi connectivity index (χ2n) is 4.12. The van der Waals surface area contributed by atoms with E-state index in [1.54, 1.807) is 18.4 Å². The van der Waals surface area contributed by atoms with Gasteiger partial charge < -0.3 is 15.1 Å². The van der Waals surface area contributed by atoms with Crippen molar-refractivity contribution < 1.29 is 8.81 Å². The third-order valence-electron chi connectivity index (χ3n) is 2.88. The van der Waals surface area contributed by atoms with Gasteiger partial charge in [-0.15, -0.1) is 0 Å². The van der Waals surface area contributed by atoms with E-state index in [0.717, 1.165) is 5.76 Å². The molecule has 19 heavy (non-hydrogen) atoms. The van der Waals surface area contributed by atoms with E-state index in [2.05, 4.69) is 0 Å². The van der Waals surface area contributed by atoms with Crippen LogP contribution in [0.2, 0.25) is 0 Å². The van der Waals surface area contributed by atoms with E-state index in [1.165, 1.54) is 6.07 Å². The van der Waals surface area contributed by atoms with E-state index < -0.39 is 0 Å². The molecule has 0 radical (unpaired) electrons. The van der Waals surface area contributed by atoms with E-state index in [4.69, 9.17) is 22.4 Å². The average Bonchev–Trinajstić information content (AvgIpc) is 2.89. The minimum Gasteiger partial charge on any atom is -0.467 e. The average molecular weight is 278 g/mol. The SMILES string of the molecule is CCN(Cc1ccco1)c1ccc(C(N)=S)cc1F. The third-order valence-corrected chi connectivity index (χ3v) is 3.12. The second kappa shape index (κ2) is 5.84. The first-order chi connectivity index (χ1) is 9.11. The largest absolute Gasteiger partial charge is 0.467 e. The molecular weight excluding hydrogens is 263 g/mol. The lowest BCUT2D eigenvalue weighted by Crippen LogP contribution is -2.23. The Kier molecular flexibility index (Phi) is 4.16. The zero-order chi connectivity index (χ0) is 13.8. The molecule has 0 aliphatic rings. The molecule has 2 rings (SSSR count). The summed E-state index contributed by atoms with van der Waals surface area (Å²) in [6.45, 7) is 3.15. The molecule has 2 aromatic rings. The van der Waals surface area contributed by atoms with Crippen molar-refractivity contribution in [2.45, 2.75) is 13.5 Å². The van der Waals surface area contributed by atoms with Gasteiger partial charge in [0.25, 0.3) is 0 Å². The van der Waals surface area contributed by atoms with Gasteiger partial charge in [0, 0.05) is 12.1 Å². The van der Waals surface area contributed by atoms with Crippen molar-refractivity contribution in [2.75, 3.05) is 11.4 Å². The normalized spacial score (nSPS) is 10.4. The van der Waals surface area contributed by atoms with Gasteiger partial charge in [-0.3, -0.25) is 0 Å². The summed E-state index contributed by atoms with van der Waals surface area (Å²) >= 11 is 4.83. The van der Waals surface area contributed by atoms with Crippen LogP contribution in [-0.2, 0) is 6.54 Å². The Labute approximate surface area is 116 Å². The van der Waals surface area contributed by atoms with E-state index in [0.29, 0.717) is 24.3 Å². The summed E-state index contributed by atoms with van der Waals surface area (Å²) in [4.78, 5) is 2.08. The Morgan fingerprint density at radius 2 is 2.21 bits per heavy atom. The zero-order valence-electron chi connectivity index (χ0n) is 10.6. The van der Waals surface area contributed by atoms with E-state index in [-0.39, 0.29) is 10.8 Å². The fourth-order valence-electron chi connectivity index (χ4n) is 1.87. The van der Waals surface area contributed by atoms with Crippen molar-refractivity contribution in [1.29, 1.82) is 0 Å². The zero-order valence-corrected chi connectivity index (χ0v) is 11.4. The molecule has 0 saturated heterocycles. The fraction of sp³-hybridized carbons (Fsp3) is 0.214. The minimum absolute atomic E-state index is 0.194. The lowest BCUT2D eigenvalue weighted by atomic mass is 10.1. The predicted octanol–water partition coefficient (Wildman–Crippen LogP) is 3.08. The lowest BCUT2D eigenvalue weighted by molar-refractivity contribution is 0.501. The molecule has 0 saturated carbocycles. The molecule has 100 valence electrons. The van der Waals surface area contributed by atoms with Gasteiger partial charge in [0.15, 0.2) is 0 Å². The summed E-state index contributed by atoms with van der Waals surface area (Å²) in [7, 11) is 0. The lowest BCUT2D eigenvalue weighted by Gasteiger charge is -2.22. The van der Waals surface area contributed by atoms with Crippen molar-refractivity contribution in [3.63, 3.8) is 0 Å². The molecule has 3 nitrogen and oxygen atoms in total. The third kappa shape index (κ3) is 3.12. The van der Waals surface area contributed by atoms with Gasteiger partial charge in [0.1, 0.15) is 16.6 Å². The van der Waals surface area contributed by atoms with Crippen molar-refractivity contribution >= 4 is 22.9 Å². The number of halogens is 1. The number of nitrogens with two attached hydrogens (primary N) is 1. The molecular formula is C14H15FN2OS. The Morgan fingerprint density at radius 3 is 2.74 bits per heavy atom. The molecule has 0 aliphatic carbocycles. The molecule has 0 spiro atoms. The van der Waals surface area contributed by atoms with Crippen molar-refractivity contribution in [1.82, 2.24) is 0 Å². The standard InChI is InChI=1S/C14H15FN2OS/c1-2-17(9-11-4-3-7-18-11)13-6-5-10(14(16)19)8-12(13)15/h3-8H,2,9H2,1H3,(H2,16,19). The number of rotatable bonds is 5. The Balaban J connectivity index is 2.25. The molecule has 1 aromatic carbocycles. The molecule has 1 heterocycles. The Hall–Kier alpha value is -1.88. The molecule has 0 unspecified atom stereocenters. The van der Waals surface area contributed by atoms with Crippen molar-refractivity contribution in [3.05, 3.63) is 53.7 Å². The monoisotopic (exact) mass is 278 g/mol. The highest BCUT2D eigenvalue weighted by Gasteiger charge is 2.13. The molecule has 0 amide bonds. The molecule has 0 fully saturated rings. The maximum Gasteiger partial charge on any atom is 0.147 e. The van der Waals surface area contributed by atoms with Crippen LogP contribution >= 0.6 is 12.2 Å². The van der Waals surface area contributed by atoms with Crippen molar-refractivity contribution in [3.8, 4) is 0 Å². The Bertz CT molecular complexity index is 569. The van der Waals surface area contributed by atoms with Crippen LogP contribution in [0.3, 0.4) is 0 Å². The number of benzene rings is 1. The summed E-state index contributed by atoms with van der Waals surface area (Å²) in [5.74, 6) is 0.457. The van der Waals surface area contributed by atoms with Gasteiger partial charge in [-0.1, -0.05) is 12.2 Å². The van der Waals surface area contributed by atoms with Gasteiger partial charge >= 0.3 is 0 Å². The van der Waals surface area contributed by atoms with Crippen LogP contribution in [0.5, 0.6) is 0 Å². The van der Waals surface area contributed by atoms with Gasteiger partial charge in [-0.05, 0) is 37.3 Å². The maximum atomic E-state index is 14.1. The quantitative estimate of drug-likeness (QED) is 0.854. The summed E-state index contributed by atoms with van der Waals surface area (Å²) < 4.78 is 19.4. The number of anilines is 1. The molecule has 1 aromatic heterocycles. The number of hydrogen-bond donors (Lipinski definition) is 1. The number of nitrogens with zero attached hydrogens (tertiary/aromatic N) is 1. The van der Waals surface area contributed by atoms with Gasteiger partial charge in [0.05, 0.1) is 18.5 Å². The summed E-state index contributed by atoms with van der Waals surface area (Å²) in [6.07, 6.45) is 1.61. The van der Waals surface area contributed by atoms with Gasteiger partial charge in [0.2, 0.25) is 0 Å². The first kappa shape index (κ1) is 13.5. The van der Waals surface area contributed by atoms with Crippen LogP contribution in [0.1, 0.15) is 18.2 Å². The minimum atomic E-state index is -0.335. The molecule has 0 bridgehead atoms. The second-order valence-corrected chi connectivity index (χ2v) is 4.56. The smallest absolute Gasteiger partial charge is 0.147 e. The highest BCUT2D eigenvalue weighted by molar-refractivity contribution is 7.80. The Morgan fingerprint density at radius 1 is 1.42 bits per heavy atom. The van der Waals surface area contributed by atoms with Crippen LogP contribution in [0.4, 0.5) is 10.1 Å². The first-order valence-corrected chi connectivity index (χ1v) is 6.39. The maximum absolute atomic E-state index is 14.1. The van der Waals surface area contributed by atoms with E-state index in [9.17, 15) is 4.39 Å². The molecule has 0 aliphatic heterocycles. The highest BCUT2D eigenvalue weighted by atomic mass is 32.1. The first-order valence-electron chi connectivity index (χ1n) is 5.98. The summed E-state index contributed by atoms with van der Waals surface area (Å²) in [5.41, 5.74) is 6.53. The van der Waals surface area contributed by atoms with Crippen LogP contribution in [0, 0.1) is 5.82 Å². The van der Waals surface area contributed by atoms with E-state index >= 15 is 0 Å². The number of thiocarbonyl (C=S) groups is 1. The number of hydrogen-bond acceptors (Lipinski definition) is 3. The molecule has 0 atom stereocenters. The van der Waals surface area contributed by atoms with Gasteiger partial charge in [-0.25, -0.2) is 4.39 Å². The van der Waals surface area contributed by atoms with Crippen LogP contribution in [0.15, 0.2) is 41.0 Å². The highest BCUT2D eigenvalue weighted by Crippen LogP contribution is 2.22. The number of furan rings is 1. The topological polar surface area (TPSA) is 42.4 Å². The van der Waals surface area contributed by atoms with Crippen molar-refractivity contribution in [2.24, 2.45) is 5.73 Å². The molecule has 2 N–H and O–H groups in total. The van der Waals surface area contributed by atoms with E-state index in [1.807, 2.05) is 24.0 Å². The van der Waals surface area contributed by atoms with Gasteiger partial charge in [-0.2, -0.15) is 0 Å². The fourth-order valence-corrected chi connectivity index (χ4v) is 2.00. The molecule has 5 heteroatoms. The van der Waals surface area contributed by atoms with Crippen LogP contribution in [-0.4, -0.2) is 11.5 Å². The van der Waals surface area contributed by atoms with Crippen LogP contribution < -0.4 is 10.6 Å². The summed E-state index contributed by atoms with van der Waals surface area (Å²) in [6, 6.07) is 8.46. The summed E-state index contributed by atoms with van der Waals surface area (Å²) in [5, 5.41) is 0.